The number of aromatic amines is 1. The molecule has 0 spiro atoms. The molecule has 0 fully saturated rings. The zero-order chi connectivity index (χ0) is 17.2. The first-order chi connectivity index (χ1) is 10.7. The van der Waals surface area contributed by atoms with Crippen molar-refractivity contribution >= 4 is 29.3 Å². The lowest BCUT2D eigenvalue weighted by molar-refractivity contribution is -0.119. The minimum Gasteiger partial charge on any atom is -0.494 e. The van der Waals surface area contributed by atoms with Gasteiger partial charge in [-0.05, 0) is 23.8 Å². The highest BCUT2D eigenvalue weighted by Crippen LogP contribution is 2.18. The van der Waals surface area contributed by atoms with E-state index in [9.17, 15) is 14.0 Å². The van der Waals surface area contributed by atoms with Crippen molar-refractivity contribution in [3.63, 3.8) is 0 Å². The summed E-state index contributed by atoms with van der Waals surface area (Å²) in [5.41, 5.74) is -0.271. The van der Waals surface area contributed by atoms with E-state index in [2.05, 4.69) is 4.98 Å². The third-order valence-electron chi connectivity index (χ3n) is 3.16. The van der Waals surface area contributed by atoms with Crippen molar-refractivity contribution in [3.05, 3.63) is 49.1 Å². The molecule has 0 unspecified atom stereocenters. The van der Waals surface area contributed by atoms with E-state index in [-0.39, 0.29) is 17.1 Å². The Balaban J connectivity index is 2.46. The highest BCUT2D eigenvalue weighted by Gasteiger charge is 2.18. The van der Waals surface area contributed by atoms with Gasteiger partial charge in [-0.2, -0.15) is 0 Å². The van der Waals surface area contributed by atoms with Crippen LogP contribution in [0.1, 0.15) is 26.3 Å². The lowest BCUT2D eigenvalue weighted by Gasteiger charge is -2.12. The van der Waals surface area contributed by atoms with E-state index < -0.39 is 11.2 Å². The zero-order valence-corrected chi connectivity index (χ0v) is 14.2. The number of nitrogens with one attached hydrogen (secondary N) is 1. The molecule has 1 aromatic carbocycles. The third kappa shape index (κ3) is 4.16. The number of aromatic nitrogens is 1. The number of benzene rings is 1. The number of Topliss-reactive ketones (excluding diaryl/α,β-unsaturated/α-hetero) is 1. The average molecular weight is 335 g/mol. The molecule has 122 valence electrons. The molecule has 0 saturated heterocycles. The maximum atomic E-state index is 13.7. The molecule has 1 aromatic heterocycles. The second kappa shape index (κ2) is 6.50. The molecule has 0 aliphatic carbocycles. The fourth-order valence-electron chi connectivity index (χ4n) is 1.78. The van der Waals surface area contributed by atoms with Crippen LogP contribution in [-0.4, -0.2) is 17.9 Å². The van der Waals surface area contributed by atoms with E-state index in [0.29, 0.717) is 14.8 Å². The predicted molar refractivity (Wildman–Crippen MR) is 89.6 cm³/mol. The van der Waals surface area contributed by atoms with Crippen molar-refractivity contribution in [1.82, 2.24) is 4.98 Å². The van der Waals surface area contributed by atoms with Crippen LogP contribution in [0, 0.1) is 11.2 Å². The molecule has 2 rings (SSSR count). The highest BCUT2D eigenvalue weighted by molar-refractivity contribution is 7.07. The van der Waals surface area contributed by atoms with Crippen molar-refractivity contribution in [1.29, 1.82) is 0 Å². The first kappa shape index (κ1) is 17.1. The molecule has 0 atom stereocenters. The summed E-state index contributed by atoms with van der Waals surface area (Å²) in [6.07, 6.45) is 3.00. The summed E-state index contributed by atoms with van der Waals surface area (Å²) < 4.78 is 19.4. The van der Waals surface area contributed by atoms with Gasteiger partial charge in [0.1, 0.15) is 0 Å². The first-order valence-electron chi connectivity index (χ1n) is 7.01. The van der Waals surface area contributed by atoms with Gasteiger partial charge >= 0.3 is 0 Å². The summed E-state index contributed by atoms with van der Waals surface area (Å²) in [5.74, 6) is -0.423. The van der Waals surface area contributed by atoms with Crippen LogP contribution in [0.2, 0.25) is 0 Å². The van der Waals surface area contributed by atoms with Crippen LogP contribution in [0.4, 0.5) is 4.39 Å². The minimum absolute atomic E-state index is 0.0722. The van der Waals surface area contributed by atoms with Crippen LogP contribution in [-0.2, 0) is 4.79 Å². The molecule has 0 aliphatic heterocycles. The van der Waals surface area contributed by atoms with E-state index in [4.69, 9.17) is 4.74 Å². The summed E-state index contributed by atoms with van der Waals surface area (Å²) in [7, 11) is 1.39. The molecule has 23 heavy (non-hydrogen) atoms. The van der Waals surface area contributed by atoms with Crippen LogP contribution < -0.4 is 19.5 Å². The molecule has 0 amide bonds. The monoisotopic (exact) mass is 335 g/mol. The van der Waals surface area contributed by atoms with Crippen molar-refractivity contribution in [3.8, 4) is 5.75 Å². The summed E-state index contributed by atoms with van der Waals surface area (Å²) in [6, 6.07) is 4.45. The van der Waals surface area contributed by atoms with Crippen LogP contribution in [0.15, 0.2) is 23.0 Å². The van der Waals surface area contributed by atoms with Gasteiger partial charge in [-0.25, -0.2) is 4.39 Å². The molecule has 6 heteroatoms. The Labute approximate surface area is 136 Å². The third-order valence-corrected chi connectivity index (χ3v) is 4.12. The second-order valence-corrected chi connectivity index (χ2v) is 7.17. The number of ether oxygens (including phenoxy) is 1. The van der Waals surface area contributed by atoms with E-state index in [1.165, 1.54) is 25.3 Å². The number of hydrogen-bond acceptors (Lipinski definition) is 4. The number of rotatable bonds is 3. The van der Waals surface area contributed by atoms with Gasteiger partial charge in [0.15, 0.2) is 17.3 Å². The SMILES string of the molecule is COc1ccc(/C=c2\s/c(=C\C(=O)C(C)(C)C)[nH]c2=O)cc1F. The standard InChI is InChI=1S/C17H18FNO3S/c1-17(2,3)14(20)9-15-19-16(21)13(23-15)8-10-5-6-12(22-4)11(18)7-10/h5-9H,1-4H3,(H,19,21)/b13-8-,15-9-. The molecule has 1 N–H and O–H groups in total. The van der Waals surface area contributed by atoms with Gasteiger partial charge in [-0.1, -0.05) is 26.8 Å². The number of halogens is 1. The maximum Gasteiger partial charge on any atom is 0.266 e. The number of carbonyl (C=O) groups is 1. The first-order valence-corrected chi connectivity index (χ1v) is 7.83. The van der Waals surface area contributed by atoms with Gasteiger partial charge in [-0.3, -0.25) is 9.59 Å². The fourth-order valence-corrected chi connectivity index (χ4v) is 2.67. The molecule has 0 aliphatic rings. The van der Waals surface area contributed by atoms with Crippen molar-refractivity contribution in [2.24, 2.45) is 5.41 Å². The van der Waals surface area contributed by atoms with E-state index in [0.717, 1.165) is 11.3 Å². The molecule has 2 aromatic rings. The zero-order valence-electron chi connectivity index (χ0n) is 13.4. The van der Waals surface area contributed by atoms with Crippen molar-refractivity contribution in [2.75, 3.05) is 7.11 Å². The summed E-state index contributed by atoms with van der Waals surface area (Å²) >= 11 is 1.16. The van der Waals surface area contributed by atoms with Gasteiger partial charge < -0.3 is 9.72 Å². The molecule has 1 heterocycles. The Morgan fingerprint density at radius 2 is 2.04 bits per heavy atom. The quantitative estimate of drug-likeness (QED) is 0.931. The van der Waals surface area contributed by atoms with Gasteiger partial charge in [0.05, 0.1) is 16.3 Å². The van der Waals surface area contributed by atoms with Gasteiger partial charge in [0.25, 0.3) is 5.56 Å². The Hall–Kier alpha value is -2.21. The normalized spacial score (nSPS) is 13.4. The Kier molecular flexibility index (Phi) is 4.85. The lowest BCUT2D eigenvalue weighted by Crippen LogP contribution is -2.22. The molecule has 0 saturated carbocycles. The molecule has 4 nitrogen and oxygen atoms in total. The topological polar surface area (TPSA) is 59.2 Å². The van der Waals surface area contributed by atoms with Gasteiger partial charge in [-0.15, -0.1) is 11.3 Å². The summed E-state index contributed by atoms with van der Waals surface area (Å²) in [5, 5.41) is 0. The Morgan fingerprint density at radius 1 is 1.35 bits per heavy atom. The average Bonchev–Trinajstić information content (AvgIpc) is 2.78. The maximum absolute atomic E-state index is 13.7. The minimum atomic E-state index is -0.510. The van der Waals surface area contributed by atoms with Crippen LogP contribution in [0.3, 0.4) is 0 Å². The molecule has 0 radical (unpaired) electrons. The van der Waals surface area contributed by atoms with E-state index in [1.807, 2.05) is 20.8 Å². The largest absolute Gasteiger partial charge is 0.494 e. The van der Waals surface area contributed by atoms with Crippen molar-refractivity contribution < 1.29 is 13.9 Å². The predicted octanol–water partition coefficient (Wildman–Crippen LogP) is 1.81. The second-order valence-electron chi connectivity index (χ2n) is 6.08. The Bertz CT molecular complexity index is 903. The number of thiazole rings is 1. The van der Waals surface area contributed by atoms with E-state index >= 15 is 0 Å². The van der Waals surface area contributed by atoms with Crippen molar-refractivity contribution in [2.45, 2.75) is 20.8 Å². The number of H-pyrrole nitrogens is 1. The number of ketones is 1. The van der Waals surface area contributed by atoms with Crippen LogP contribution >= 0.6 is 11.3 Å². The van der Waals surface area contributed by atoms with Crippen LogP contribution in [0.5, 0.6) is 5.75 Å². The highest BCUT2D eigenvalue weighted by atomic mass is 32.1. The smallest absolute Gasteiger partial charge is 0.266 e. The molecule has 0 bridgehead atoms. The van der Waals surface area contributed by atoms with E-state index in [1.54, 1.807) is 12.1 Å². The van der Waals surface area contributed by atoms with Crippen LogP contribution in [0.25, 0.3) is 12.2 Å². The number of carbonyl (C=O) groups excluding carboxylic acids is 1. The number of hydrogen-bond donors (Lipinski definition) is 1. The van der Waals surface area contributed by atoms with Gasteiger partial charge in [0, 0.05) is 11.5 Å². The molecular formula is C17H18FNO3S. The lowest BCUT2D eigenvalue weighted by atomic mass is 9.91. The fraction of sp³-hybridized carbons (Fsp3) is 0.294. The number of methoxy groups -OCH3 is 1. The van der Waals surface area contributed by atoms with Gasteiger partial charge in [0.2, 0.25) is 0 Å². The summed E-state index contributed by atoms with van der Waals surface area (Å²) in [6.45, 7) is 5.43. The Morgan fingerprint density at radius 3 is 2.61 bits per heavy atom. The molecular weight excluding hydrogens is 317 g/mol. The summed E-state index contributed by atoms with van der Waals surface area (Å²) in [4.78, 5) is 26.6.